The summed E-state index contributed by atoms with van der Waals surface area (Å²) in [7, 11) is 0. The first-order chi connectivity index (χ1) is 13.2. The lowest BCUT2D eigenvalue weighted by atomic mass is 10.1. The van der Waals surface area contributed by atoms with E-state index in [2.05, 4.69) is 10.2 Å². The van der Waals surface area contributed by atoms with Gasteiger partial charge >= 0.3 is 0 Å². The van der Waals surface area contributed by atoms with E-state index in [1.54, 1.807) is 6.20 Å². The van der Waals surface area contributed by atoms with Crippen LogP contribution in [0.5, 0.6) is 0 Å². The molecule has 4 rings (SSSR count). The molecule has 1 atom stereocenters. The molecule has 27 heavy (non-hydrogen) atoms. The van der Waals surface area contributed by atoms with Gasteiger partial charge in [0.15, 0.2) is 0 Å². The van der Waals surface area contributed by atoms with Crippen molar-refractivity contribution in [3.05, 3.63) is 42.2 Å². The minimum atomic E-state index is -0.293. The van der Waals surface area contributed by atoms with Crippen molar-refractivity contribution in [1.29, 1.82) is 0 Å². The second-order valence-electron chi connectivity index (χ2n) is 7.04. The second-order valence-corrected chi connectivity index (χ2v) is 7.04. The third-order valence-electron chi connectivity index (χ3n) is 5.24. The molecule has 0 saturated carbocycles. The third kappa shape index (κ3) is 3.88. The van der Waals surface area contributed by atoms with E-state index >= 15 is 0 Å². The molecule has 2 aliphatic heterocycles. The van der Waals surface area contributed by atoms with Gasteiger partial charge < -0.3 is 14.5 Å². The van der Waals surface area contributed by atoms with Crippen LogP contribution in [-0.4, -0.2) is 70.7 Å². The number of amides is 2. The highest BCUT2D eigenvalue weighted by Gasteiger charge is 2.30. The third-order valence-corrected chi connectivity index (χ3v) is 5.24. The fraction of sp³-hybridized carbons (Fsp3) is 0.450. The van der Waals surface area contributed by atoms with Crippen molar-refractivity contribution < 1.29 is 14.3 Å². The van der Waals surface area contributed by atoms with Crippen LogP contribution in [0.15, 0.2) is 36.7 Å². The lowest BCUT2D eigenvalue weighted by Crippen LogP contribution is -2.41. The van der Waals surface area contributed by atoms with Crippen molar-refractivity contribution in [3.63, 3.8) is 0 Å². The first kappa shape index (κ1) is 17.7. The van der Waals surface area contributed by atoms with Gasteiger partial charge in [0.25, 0.3) is 11.8 Å². The van der Waals surface area contributed by atoms with Crippen LogP contribution in [-0.2, 0) is 9.53 Å². The largest absolute Gasteiger partial charge is 0.368 e. The van der Waals surface area contributed by atoms with Gasteiger partial charge in [-0.25, -0.2) is 0 Å². The molecule has 0 radical (unpaired) electrons. The molecule has 2 amide bonds. The van der Waals surface area contributed by atoms with Crippen LogP contribution in [0.3, 0.4) is 0 Å². The molecule has 3 heterocycles. The van der Waals surface area contributed by atoms with Crippen LogP contribution in [0.2, 0.25) is 0 Å². The molecule has 2 fully saturated rings. The van der Waals surface area contributed by atoms with E-state index < -0.39 is 0 Å². The first-order valence-corrected chi connectivity index (χ1v) is 9.51. The van der Waals surface area contributed by atoms with Crippen molar-refractivity contribution in [1.82, 2.24) is 20.0 Å². The number of hydrogen-bond donors (Lipinski definition) is 1. The second kappa shape index (κ2) is 7.92. The zero-order chi connectivity index (χ0) is 18.6. The Kier molecular flexibility index (Phi) is 5.20. The quantitative estimate of drug-likeness (QED) is 0.898. The van der Waals surface area contributed by atoms with E-state index in [-0.39, 0.29) is 17.9 Å². The summed E-state index contributed by atoms with van der Waals surface area (Å²) in [5.41, 5.74) is 2.57. The summed E-state index contributed by atoms with van der Waals surface area (Å²) in [6.45, 7) is 3.11. The molecule has 1 unspecified atom stereocenters. The maximum atomic E-state index is 13.0. The van der Waals surface area contributed by atoms with Gasteiger partial charge in [0.1, 0.15) is 6.10 Å². The minimum absolute atomic E-state index is 0.00626. The predicted octanol–water partition coefficient (Wildman–Crippen LogP) is 1.93. The smallest absolute Gasteiger partial charge is 0.253 e. The molecule has 0 bridgehead atoms. The van der Waals surface area contributed by atoms with Gasteiger partial charge in [-0.05, 0) is 37.0 Å². The number of nitrogens with zero attached hydrogens (tertiary/aromatic N) is 3. The number of ether oxygens (including phenoxy) is 1. The minimum Gasteiger partial charge on any atom is -0.368 e. The molecular formula is C20H24N4O3. The number of aromatic nitrogens is 2. The molecule has 0 aliphatic carbocycles. The van der Waals surface area contributed by atoms with Crippen molar-refractivity contribution in [3.8, 4) is 11.1 Å². The van der Waals surface area contributed by atoms with Gasteiger partial charge in [-0.3, -0.25) is 14.7 Å². The Morgan fingerprint density at radius 2 is 1.93 bits per heavy atom. The van der Waals surface area contributed by atoms with Gasteiger partial charge in [0, 0.05) is 50.1 Å². The summed E-state index contributed by atoms with van der Waals surface area (Å²) in [4.78, 5) is 29.2. The highest BCUT2D eigenvalue weighted by Crippen LogP contribution is 2.21. The van der Waals surface area contributed by atoms with Crippen molar-refractivity contribution >= 4 is 11.8 Å². The van der Waals surface area contributed by atoms with Crippen LogP contribution in [0, 0.1) is 0 Å². The van der Waals surface area contributed by atoms with Gasteiger partial charge in [0.05, 0.1) is 6.20 Å². The Bertz CT molecular complexity index is 799. The predicted molar refractivity (Wildman–Crippen MR) is 100 cm³/mol. The Hall–Kier alpha value is -2.67. The number of benzene rings is 1. The van der Waals surface area contributed by atoms with Gasteiger partial charge in [0.2, 0.25) is 0 Å². The zero-order valence-electron chi connectivity index (χ0n) is 15.3. The summed E-state index contributed by atoms with van der Waals surface area (Å²) in [6, 6.07) is 7.59. The van der Waals surface area contributed by atoms with E-state index in [4.69, 9.17) is 4.74 Å². The van der Waals surface area contributed by atoms with E-state index in [1.165, 1.54) is 0 Å². The molecule has 7 nitrogen and oxygen atoms in total. The van der Waals surface area contributed by atoms with Crippen LogP contribution in [0.25, 0.3) is 11.1 Å². The van der Waals surface area contributed by atoms with Crippen LogP contribution < -0.4 is 0 Å². The molecule has 0 spiro atoms. The first-order valence-electron chi connectivity index (χ1n) is 9.51. The Labute approximate surface area is 158 Å². The highest BCUT2D eigenvalue weighted by molar-refractivity contribution is 5.95. The normalized spacial score (nSPS) is 20.5. The Balaban J connectivity index is 1.42. The molecule has 7 heteroatoms. The summed E-state index contributed by atoms with van der Waals surface area (Å²) >= 11 is 0. The fourth-order valence-corrected chi connectivity index (χ4v) is 3.74. The number of rotatable bonds is 3. The fourth-order valence-electron chi connectivity index (χ4n) is 3.74. The van der Waals surface area contributed by atoms with Gasteiger partial charge in [-0.15, -0.1) is 0 Å². The summed E-state index contributed by atoms with van der Waals surface area (Å²) in [6.07, 6.45) is 5.79. The highest BCUT2D eigenvalue weighted by atomic mass is 16.5. The summed E-state index contributed by atoms with van der Waals surface area (Å²) in [5, 5.41) is 6.76. The van der Waals surface area contributed by atoms with Crippen LogP contribution in [0.4, 0.5) is 0 Å². The van der Waals surface area contributed by atoms with Crippen molar-refractivity contribution in [2.24, 2.45) is 0 Å². The number of hydrogen-bond acceptors (Lipinski definition) is 4. The molecule has 2 aliphatic rings. The summed E-state index contributed by atoms with van der Waals surface area (Å²) < 4.78 is 5.52. The van der Waals surface area contributed by atoms with E-state index in [0.717, 1.165) is 30.4 Å². The van der Waals surface area contributed by atoms with E-state index in [1.807, 2.05) is 40.3 Å². The average Bonchev–Trinajstić information content (AvgIpc) is 3.38. The molecule has 2 aromatic rings. The van der Waals surface area contributed by atoms with E-state index in [0.29, 0.717) is 38.3 Å². The molecule has 1 aromatic carbocycles. The molecule has 142 valence electrons. The lowest BCUT2D eigenvalue weighted by molar-refractivity contribution is -0.140. The molecular weight excluding hydrogens is 344 g/mol. The topological polar surface area (TPSA) is 78.5 Å². The maximum Gasteiger partial charge on any atom is 0.253 e. The Morgan fingerprint density at radius 1 is 1.07 bits per heavy atom. The van der Waals surface area contributed by atoms with Crippen molar-refractivity contribution in [2.45, 2.75) is 25.4 Å². The maximum absolute atomic E-state index is 13.0. The number of H-pyrrole nitrogens is 1. The van der Waals surface area contributed by atoms with Gasteiger partial charge in [-0.2, -0.15) is 5.10 Å². The molecule has 2 saturated heterocycles. The van der Waals surface area contributed by atoms with Crippen LogP contribution >= 0.6 is 0 Å². The van der Waals surface area contributed by atoms with Crippen LogP contribution in [0.1, 0.15) is 29.6 Å². The molecule has 1 aromatic heterocycles. The average molecular weight is 368 g/mol. The lowest BCUT2D eigenvalue weighted by Gasteiger charge is -2.24. The summed E-state index contributed by atoms with van der Waals surface area (Å²) in [5.74, 6) is 0.0792. The zero-order valence-corrected chi connectivity index (χ0v) is 15.3. The van der Waals surface area contributed by atoms with Gasteiger partial charge in [-0.1, -0.05) is 12.1 Å². The standard InChI is InChI=1S/C20H24N4O3/c25-19(16-5-1-4-15(12-16)17-13-21-22-14-17)23-7-3-8-24(10-9-23)20(26)18-6-2-11-27-18/h1,4-5,12-14,18H,2-3,6-11H2,(H,21,22). The monoisotopic (exact) mass is 368 g/mol. The van der Waals surface area contributed by atoms with Crippen molar-refractivity contribution in [2.75, 3.05) is 32.8 Å². The number of carbonyl (C=O) groups is 2. The number of aromatic amines is 1. The Morgan fingerprint density at radius 3 is 2.70 bits per heavy atom. The number of carbonyl (C=O) groups excluding carboxylic acids is 2. The SMILES string of the molecule is O=C(c1cccc(-c2cn[nH]c2)c1)N1CCCN(C(=O)C2CCCO2)CC1. The molecule has 1 N–H and O–H groups in total. The van der Waals surface area contributed by atoms with E-state index in [9.17, 15) is 9.59 Å². The number of nitrogens with one attached hydrogen (secondary N) is 1.